The highest BCUT2D eigenvalue weighted by molar-refractivity contribution is 9.10. The summed E-state index contributed by atoms with van der Waals surface area (Å²) in [6, 6.07) is 0. The smallest absolute Gasteiger partial charge is 0.0632 e. The normalized spacial score (nSPS) is 13.4. The lowest BCUT2D eigenvalue weighted by molar-refractivity contribution is 0.176. The van der Waals surface area contributed by atoms with Crippen LogP contribution in [0.5, 0.6) is 0 Å². The molecule has 1 heterocycles. The van der Waals surface area contributed by atoms with E-state index in [4.69, 9.17) is 5.11 Å². The Morgan fingerprint density at radius 2 is 2.55 bits per heavy atom. The number of hydrogen-bond donors (Lipinski definition) is 1. The maximum atomic E-state index is 8.97. The molecule has 1 atom stereocenters. The third kappa shape index (κ3) is 3.03. The van der Waals surface area contributed by atoms with Crippen LogP contribution >= 0.6 is 15.9 Å². The lowest BCUT2D eigenvalue weighted by Gasteiger charge is -2.02. The van der Waals surface area contributed by atoms with E-state index in [0.29, 0.717) is 0 Å². The predicted molar refractivity (Wildman–Crippen MR) is 46.2 cm³/mol. The lowest BCUT2D eigenvalue weighted by Crippen LogP contribution is -2.06. The summed E-state index contributed by atoms with van der Waals surface area (Å²) in [4.78, 5) is 0. The molecule has 1 unspecified atom stereocenters. The van der Waals surface area contributed by atoms with Gasteiger partial charge in [-0.05, 0) is 29.3 Å². The van der Waals surface area contributed by atoms with Crippen molar-refractivity contribution >= 4 is 15.9 Å². The van der Waals surface area contributed by atoms with E-state index in [-0.39, 0.29) is 6.10 Å². The Labute approximate surface area is 74.2 Å². The van der Waals surface area contributed by atoms with Gasteiger partial charge in [0.25, 0.3) is 0 Å². The number of halogens is 1. The second kappa shape index (κ2) is 3.88. The van der Waals surface area contributed by atoms with Crippen LogP contribution in [0.4, 0.5) is 0 Å². The highest BCUT2D eigenvalue weighted by Crippen LogP contribution is 2.06. The number of aryl methyl sites for hydroxylation is 1. The highest BCUT2D eigenvalue weighted by Gasteiger charge is 1.97. The molecule has 1 rings (SSSR count). The number of aromatic nitrogens is 2. The van der Waals surface area contributed by atoms with E-state index in [0.717, 1.165) is 17.4 Å². The van der Waals surface area contributed by atoms with E-state index >= 15 is 0 Å². The molecule has 1 N–H and O–H groups in total. The molecular formula is C7H11BrN2O. The molecule has 3 nitrogen and oxygen atoms in total. The van der Waals surface area contributed by atoms with Gasteiger partial charge in [0.05, 0.1) is 16.8 Å². The van der Waals surface area contributed by atoms with E-state index in [9.17, 15) is 0 Å². The van der Waals surface area contributed by atoms with Crippen molar-refractivity contribution in [2.75, 3.05) is 0 Å². The van der Waals surface area contributed by atoms with Crippen LogP contribution in [0.15, 0.2) is 16.9 Å². The van der Waals surface area contributed by atoms with Crippen molar-refractivity contribution in [2.45, 2.75) is 26.0 Å². The van der Waals surface area contributed by atoms with Gasteiger partial charge in [-0.1, -0.05) is 0 Å². The molecule has 0 spiro atoms. The van der Waals surface area contributed by atoms with Crippen LogP contribution in [0.2, 0.25) is 0 Å². The van der Waals surface area contributed by atoms with E-state index in [1.165, 1.54) is 0 Å². The van der Waals surface area contributed by atoms with Crippen LogP contribution in [0.1, 0.15) is 13.3 Å². The van der Waals surface area contributed by atoms with Gasteiger partial charge in [-0.15, -0.1) is 0 Å². The van der Waals surface area contributed by atoms with Gasteiger partial charge in [0.1, 0.15) is 0 Å². The molecule has 0 saturated carbocycles. The third-order valence-corrected chi connectivity index (χ3v) is 1.79. The Morgan fingerprint density at radius 1 is 1.82 bits per heavy atom. The first-order valence-electron chi connectivity index (χ1n) is 3.54. The molecule has 0 aliphatic rings. The number of aliphatic hydroxyl groups is 1. The fraction of sp³-hybridized carbons (Fsp3) is 0.571. The second-order valence-electron chi connectivity index (χ2n) is 2.56. The topological polar surface area (TPSA) is 38.0 Å². The Balaban J connectivity index is 2.39. The Bertz CT molecular complexity index is 222. The van der Waals surface area contributed by atoms with Gasteiger partial charge < -0.3 is 5.11 Å². The summed E-state index contributed by atoms with van der Waals surface area (Å²) in [5.74, 6) is 0. The summed E-state index contributed by atoms with van der Waals surface area (Å²) in [6.07, 6.45) is 4.12. The Morgan fingerprint density at radius 3 is 3.00 bits per heavy atom. The molecule has 0 aliphatic heterocycles. The third-order valence-electron chi connectivity index (χ3n) is 1.38. The molecule has 1 aromatic rings. The molecular weight excluding hydrogens is 208 g/mol. The number of hydrogen-bond acceptors (Lipinski definition) is 2. The fourth-order valence-electron chi connectivity index (χ4n) is 0.780. The van der Waals surface area contributed by atoms with Gasteiger partial charge in [0.15, 0.2) is 0 Å². The maximum absolute atomic E-state index is 8.97. The molecule has 1 aromatic heterocycles. The molecule has 0 radical (unpaired) electrons. The molecule has 0 fully saturated rings. The SMILES string of the molecule is CC(O)CCn1cc(Br)cn1. The van der Waals surface area contributed by atoms with Gasteiger partial charge >= 0.3 is 0 Å². The summed E-state index contributed by atoms with van der Waals surface area (Å²) in [5.41, 5.74) is 0. The van der Waals surface area contributed by atoms with E-state index < -0.39 is 0 Å². The largest absolute Gasteiger partial charge is 0.393 e. The standard InChI is InChI=1S/C7H11BrN2O/c1-6(11)2-3-10-5-7(8)4-9-10/h4-6,11H,2-3H2,1H3. The first-order chi connectivity index (χ1) is 5.18. The van der Waals surface area contributed by atoms with Gasteiger partial charge in [-0.25, -0.2) is 0 Å². The fourth-order valence-corrected chi connectivity index (χ4v) is 1.11. The van der Waals surface area contributed by atoms with E-state index in [1.54, 1.807) is 17.8 Å². The van der Waals surface area contributed by atoms with E-state index in [1.807, 2.05) is 6.20 Å². The second-order valence-corrected chi connectivity index (χ2v) is 3.47. The minimum absolute atomic E-state index is 0.252. The van der Waals surface area contributed by atoms with E-state index in [2.05, 4.69) is 21.0 Å². The van der Waals surface area contributed by atoms with Crippen molar-refractivity contribution in [3.63, 3.8) is 0 Å². The van der Waals surface area contributed by atoms with Crippen LogP contribution in [-0.4, -0.2) is 21.0 Å². The van der Waals surface area contributed by atoms with Crippen molar-refractivity contribution in [3.8, 4) is 0 Å². The number of nitrogens with zero attached hydrogens (tertiary/aromatic N) is 2. The van der Waals surface area contributed by atoms with Gasteiger partial charge in [0, 0.05) is 12.7 Å². The summed E-state index contributed by atoms with van der Waals surface area (Å²) in [5, 5.41) is 13.0. The molecule has 0 amide bonds. The highest BCUT2D eigenvalue weighted by atomic mass is 79.9. The average Bonchev–Trinajstić information content (AvgIpc) is 2.31. The zero-order valence-electron chi connectivity index (χ0n) is 6.37. The maximum Gasteiger partial charge on any atom is 0.0632 e. The molecule has 0 aromatic carbocycles. The van der Waals surface area contributed by atoms with Gasteiger partial charge in [-0.2, -0.15) is 5.10 Å². The van der Waals surface area contributed by atoms with Crippen LogP contribution in [0.3, 0.4) is 0 Å². The van der Waals surface area contributed by atoms with Crippen molar-refractivity contribution < 1.29 is 5.11 Å². The van der Waals surface area contributed by atoms with Gasteiger partial charge in [-0.3, -0.25) is 4.68 Å². The zero-order chi connectivity index (χ0) is 8.27. The van der Waals surface area contributed by atoms with Crippen LogP contribution < -0.4 is 0 Å². The summed E-state index contributed by atoms with van der Waals surface area (Å²) in [7, 11) is 0. The van der Waals surface area contributed by atoms with Crippen molar-refractivity contribution in [1.29, 1.82) is 0 Å². The monoisotopic (exact) mass is 218 g/mol. The predicted octanol–water partition coefficient (Wildman–Crippen LogP) is 1.42. The molecule has 0 saturated heterocycles. The lowest BCUT2D eigenvalue weighted by atomic mass is 10.3. The van der Waals surface area contributed by atoms with Crippen molar-refractivity contribution in [3.05, 3.63) is 16.9 Å². The van der Waals surface area contributed by atoms with Crippen LogP contribution in [0, 0.1) is 0 Å². The van der Waals surface area contributed by atoms with Crippen LogP contribution in [0.25, 0.3) is 0 Å². The molecule has 0 bridgehead atoms. The summed E-state index contributed by atoms with van der Waals surface area (Å²) in [6.45, 7) is 2.54. The molecule has 62 valence electrons. The first kappa shape index (κ1) is 8.74. The minimum atomic E-state index is -0.252. The summed E-state index contributed by atoms with van der Waals surface area (Å²) < 4.78 is 2.78. The Hall–Kier alpha value is -0.350. The van der Waals surface area contributed by atoms with Crippen molar-refractivity contribution in [2.24, 2.45) is 0 Å². The number of aliphatic hydroxyl groups excluding tert-OH is 1. The minimum Gasteiger partial charge on any atom is -0.393 e. The molecule has 0 aliphatic carbocycles. The molecule has 11 heavy (non-hydrogen) atoms. The van der Waals surface area contributed by atoms with Gasteiger partial charge in [0.2, 0.25) is 0 Å². The molecule has 4 heteroatoms. The summed E-state index contributed by atoms with van der Waals surface area (Å²) >= 11 is 3.29. The first-order valence-corrected chi connectivity index (χ1v) is 4.34. The van der Waals surface area contributed by atoms with Crippen LogP contribution in [-0.2, 0) is 6.54 Å². The number of rotatable bonds is 3. The quantitative estimate of drug-likeness (QED) is 0.834. The average molecular weight is 219 g/mol. The van der Waals surface area contributed by atoms with Crippen molar-refractivity contribution in [1.82, 2.24) is 9.78 Å². The zero-order valence-corrected chi connectivity index (χ0v) is 7.95. The Kier molecular flexibility index (Phi) is 3.08.